The number of para-hydroxylation sites is 1. The summed E-state index contributed by atoms with van der Waals surface area (Å²) in [5.74, 6) is 0.0738. The van der Waals surface area contributed by atoms with Crippen LogP contribution in [0.2, 0.25) is 0 Å². The van der Waals surface area contributed by atoms with E-state index in [9.17, 15) is 4.79 Å². The average Bonchev–Trinajstić information content (AvgIpc) is 2.59. The summed E-state index contributed by atoms with van der Waals surface area (Å²) < 4.78 is 5.57. The molecule has 0 spiro atoms. The molecule has 2 rings (SSSR count). The first-order valence-electron chi connectivity index (χ1n) is 6.87. The van der Waals surface area contributed by atoms with Crippen molar-refractivity contribution in [3.63, 3.8) is 0 Å². The summed E-state index contributed by atoms with van der Waals surface area (Å²) in [6, 6.07) is 12.5. The average molecular weight is 299 g/mol. The van der Waals surface area contributed by atoms with Crippen LogP contribution in [0.3, 0.4) is 0 Å². The van der Waals surface area contributed by atoms with Gasteiger partial charge in [-0.15, -0.1) is 0 Å². The standard InChI is InChI=1S/C16H17N3O3/c1-2-14(21-13-8-4-3-5-9-13)16(20)22-19-15(17)12-7-6-10-18-11-12/h3-11,14H,2H2,1H3,(H2,17,19)/t14-/m0/s1. The number of rotatable bonds is 6. The van der Waals surface area contributed by atoms with E-state index in [0.717, 1.165) is 0 Å². The minimum atomic E-state index is -0.743. The van der Waals surface area contributed by atoms with Crippen LogP contribution in [0.5, 0.6) is 5.75 Å². The summed E-state index contributed by atoms with van der Waals surface area (Å²) >= 11 is 0. The molecule has 0 saturated heterocycles. The number of benzene rings is 1. The minimum absolute atomic E-state index is 0.0796. The lowest BCUT2D eigenvalue weighted by molar-refractivity contribution is -0.152. The van der Waals surface area contributed by atoms with Crippen LogP contribution < -0.4 is 10.5 Å². The lowest BCUT2D eigenvalue weighted by Gasteiger charge is -2.14. The number of hydrogen-bond acceptors (Lipinski definition) is 5. The molecule has 0 aliphatic carbocycles. The molecule has 0 aliphatic rings. The minimum Gasteiger partial charge on any atom is -0.479 e. The van der Waals surface area contributed by atoms with Crippen molar-refractivity contribution in [3.05, 3.63) is 60.4 Å². The molecule has 0 radical (unpaired) electrons. The zero-order valence-corrected chi connectivity index (χ0v) is 12.2. The highest BCUT2D eigenvalue weighted by atomic mass is 16.7. The number of amidine groups is 1. The van der Waals surface area contributed by atoms with Crippen molar-refractivity contribution in [2.45, 2.75) is 19.4 Å². The molecule has 0 amide bonds. The maximum Gasteiger partial charge on any atom is 0.375 e. The van der Waals surface area contributed by atoms with E-state index in [1.807, 2.05) is 25.1 Å². The van der Waals surface area contributed by atoms with E-state index in [0.29, 0.717) is 17.7 Å². The third-order valence-electron chi connectivity index (χ3n) is 2.85. The summed E-state index contributed by atoms with van der Waals surface area (Å²) in [4.78, 5) is 20.8. The molecule has 6 nitrogen and oxygen atoms in total. The van der Waals surface area contributed by atoms with Gasteiger partial charge in [0.25, 0.3) is 0 Å². The Kier molecular flexibility index (Phi) is 5.48. The van der Waals surface area contributed by atoms with Crippen LogP contribution in [0.1, 0.15) is 18.9 Å². The van der Waals surface area contributed by atoms with E-state index in [4.69, 9.17) is 15.3 Å². The predicted molar refractivity (Wildman–Crippen MR) is 82.2 cm³/mol. The Bertz CT molecular complexity index is 630. The molecule has 0 aliphatic heterocycles. The summed E-state index contributed by atoms with van der Waals surface area (Å²) in [5, 5.41) is 3.63. The van der Waals surface area contributed by atoms with E-state index in [1.165, 1.54) is 6.20 Å². The molecule has 0 saturated carbocycles. The Morgan fingerprint density at radius 2 is 2.05 bits per heavy atom. The van der Waals surface area contributed by atoms with Gasteiger partial charge in [-0.25, -0.2) is 4.79 Å². The number of oxime groups is 1. The van der Waals surface area contributed by atoms with E-state index in [-0.39, 0.29) is 5.84 Å². The first-order valence-corrected chi connectivity index (χ1v) is 6.87. The molecule has 0 fully saturated rings. The number of nitrogens with two attached hydrogens (primary N) is 1. The van der Waals surface area contributed by atoms with Gasteiger partial charge in [0.2, 0.25) is 0 Å². The number of ether oxygens (including phenoxy) is 1. The van der Waals surface area contributed by atoms with Gasteiger partial charge in [-0.3, -0.25) is 4.98 Å². The smallest absolute Gasteiger partial charge is 0.375 e. The Labute approximate surface area is 128 Å². The number of nitrogens with zero attached hydrogens (tertiary/aromatic N) is 2. The second kappa shape index (κ2) is 7.78. The van der Waals surface area contributed by atoms with Crippen molar-refractivity contribution in [1.82, 2.24) is 4.98 Å². The summed E-state index contributed by atoms with van der Waals surface area (Å²) in [7, 11) is 0. The third kappa shape index (κ3) is 4.31. The molecule has 0 unspecified atom stereocenters. The van der Waals surface area contributed by atoms with Crippen molar-refractivity contribution >= 4 is 11.8 Å². The van der Waals surface area contributed by atoms with Crippen LogP contribution in [0.4, 0.5) is 0 Å². The Balaban J connectivity index is 1.98. The van der Waals surface area contributed by atoms with Crippen LogP contribution >= 0.6 is 0 Å². The fourth-order valence-electron chi connectivity index (χ4n) is 1.68. The first kappa shape index (κ1) is 15.5. The maximum absolute atomic E-state index is 12.0. The molecular weight excluding hydrogens is 282 g/mol. The normalized spacial score (nSPS) is 12.5. The molecule has 2 N–H and O–H groups in total. The van der Waals surface area contributed by atoms with Crippen LogP contribution in [-0.2, 0) is 9.63 Å². The number of carbonyl (C=O) groups excluding carboxylic acids is 1. The zero-order chi connectivity index (χ0) is 15.8. The molecule has 1 aromatic heterocycles. The van der Waals surface area contributed by atoms with Gasteiger partial charge >= 0.3 is 5.97 Å². The van der Waals surface area contributed by atoms with Gasteiger partial charge in [0.1, 0.15) is 5.75 Å². The molecule has 114 valence electrons. The van der Waals surface area contributed by atoms with Crippen molar-refractivity contribution in [1.29, 1.82) is 0 Å². The van der Waals surface area contributed by atoms with E-state index in [2.05, 4.69) is 10.1 Å². The topological polar surface area (TPSA) is 86.8 Å². The molecule has 22 heavy (non-hydrogen) atoms. The van der Waals surface area contributed by atoms with E-state index >= 15 is 0 Å². The Hall–Kier alpha value is -2.89. The number of aromatic nitrogens is 1. The molecule has 6 heteroatoms. The number of pyridine rings is 1. The molecule has 1 atom stereocenters. The van der Waals surface area contributed by atoms with Gasteiger partial charge in [0.15, 0.2) is 11.9 Å². The molecule has 1 aromatic carbocycles. The van der Waals surface area contributed by atoms with E-state index in [1.54, 1.807) is 30.5 Å². The second-order valence-corrected chi connectivity index (χ2v) is 4.46. The lowest BCUT2D eigenvalue weighted by atomic mass is 10.2. The number of carbonyl (C=O) groups is 1. The highest BCUT2D eigenvalue weighted by Crippen LogP contribution is 2.13. The van der Waals surface area contributed by atoms with Crippen molar-refractivity contribution in [3.8, 4) is 5.75 Å². The highest BCUT2D eigenvalue weighted by Gasteiger charge is 2.20. The predicted octanol–water partition coefficient (Wildman–Crippen LogP) is 2.10. The van der Waals surface area contributed by atoms with E-state index < -0.39 is 12.1 Å². The molecule has 2 aromatic rings. The highest BCUT2D eigenvalue weighted by molar-refractivity contribution is 5.97. The molecule has 0 bridgehead atoms. The monoisotopic (exact) mass is 299 g/mol. The number of hydrogen-bond donors (Lipinski definition) is 1. The maximum atomic E-state index is 12.0. The van der Waals surface area contributed by atoms with Gasteiger partial charge in [0, 0.05) is 18.0 Å². The van der Waals surface area contributed by atoms with Crippen molar-refractivity contribution < 1.29 is 14.4 Å². The lowest BCUT2D eigenvalue weighted by Crippen LogP contribution is -2.28. The summed E-state index contributed by atoms with van der Waals surface area (Å²) in [5.41, 5.74) is 6.31. The largest absolute Gasteiger partial charge is 0.479 e. The van der Waals surface area contributed by atoms with Crippen LogP contribution in [0.25, 0.3) is 0 Å². The Morgan fingerprint density at radius 1 is 1.27 bits per heavy atom. The summed E-state index contributed by atoms with van der Waals surface area (Å²) in [6.45, 7) is 1.82. The van der Waals surface area contributed by atoms with Crippen molar-refractivity contribution in [2.24, 2.45) is 10.9 Å². The fraction of sp³-hybridized carbons (Fsp3) is 0.188. The van der Waals surface area contributed by atoms with Gasteiger partial charge in [-0.2, -0.15) is 0 Å². The molecule has 1 heterocycles. The molecular formula is C16H17N3O3. The van der Waals surface area contributed by atoms with Gasteiger partial charge in [-0.1, -0.05) is 30.3 Å². The first-order chi connectivity index (χ1) is 10.7. The van der Waals surface area contributed by atoms with Crippen LogP contribution in [-0.4, -0.2) is 22.9 Å². The fourth-order valence-corrected chi connectivity index (χ4v) is 1.68. The zero-order valence-electron chi connectivity index (χ0n) is 12.2. The SMILES string of the molecule is CC[C@H](Oc1ccccc1)C(=O)O/N=C(/N)c1cccnc1. The van der Waals surface area contributed by atoms with Gasteiger partial charge in [-0.05, 0) is 30.7 Å². The van der Waals surface area contributed by atoms with Crippen molar-refractivity contribution in [2.75, 3.05) is 0 Å². The van der Waals surface area contributed by atoms with Crippen LogP contribution in [0, 0.1) is 0 Å². The van der Waals surface area contributed by atoms with Crippen LogP contribution in [0.15, 0.2) is 60.0 Å². The summed E-state index contributed by atoms with van der Waals surface area (Å²) in [6.07, 6.45) is 2.86. The Morgan fingerprint density at radius 3 is 2.68 bits per heavy atom. The van der Waals surface area contributed by atoms with Gasteiger partial charge < -0.3 is 15.3 Å². The van der Waals surface area contributed by atoms with Gasteiger partial charge in [0.05, 0.1) is 0 Å². The quantitative estimate of drug-likeness (QED) is 0.382. The second-order valence-electron chi connectivity index (χ2n) is 4.46. The third-order valence-corrected chi connectivity index (χ3v) is 2.85.